The monoisotopic (exact) mass is 274 g/mol. The van der Waals surface area contributed by atoms with Crippen molar-refractivity contribution in [3.63, 3.8) is 0 Å². The summed E-state index contributed by atoms with van der Waals surface area (Å²) in [6.45, 7) is 1.45. The van der Waals surface area contributed by atoms with E-state index in [1.165, 1.54) is 20.3 Å². The minimum Gasteiger partial charge on any atom is -0.465 e. The molecule has 1 aromatic rings. The fourth-order valence-corrected chi connectivity index (χ4v) is 2.63. The zero-order valence-corrected chi connectivity index (χ0v) is 11.2. The second-order valence-corrected chi connectivity index (χ2v) is 4.85. The number of benzene rings is 1. The summed E-state index contributed by atoms with van der Waals surface area (Å²) in [5, 5.41) is 0. The van der Waals surface area contributed by atoms with Crippen LogP contribution in [-0.2, 0) is 19.0 Å². The minimum absolute atomic E-state index is 0.121. The van der Waals surface area contributed by atoms with Crippen LogP contribution in [0.25, 0.3) is 0 Å². The van der Waals surface area contributed by atoms with Crippen molar-refractivity contribution < 1.29 is 23.8 Å². The third kappa shape index (κ3) is 1.67. The fourth-order valence-electron chi connectivity index (χ4n) is 2.63. The largest absolute Gasteiger partial charge is 0.465 e. The molecule has 0 N–H and O–H groups in total. The molecule has 104 valence electrons. The van der Waals surface area contributed by atoms with E-state index in [0.717, 1.165) is 5.56 Å². The molecule has 0 saturated carbocycles. The highest BCUT2D eigenvalue weighted by Gasteiger charge is 2.62. The van der Waals surface area contributed by atoms with Crippen molar-refractivity contribution in [3.05, 3.63) is 47.7 Å². The average Bonchev–Trinajstić information content (AvgIpc) is 2.77. The number of carbonyl (C=O) groups is 2. The van der Waals surface area contributed by atoms with E-state index in [1.54, 1.807) is 24.3 Å². The van der Waals surface area contributed by atoms with Gasteiger partial charge in [0.25, 0.3) is 5.79 Å². The molecule has 2 aliphatic rings. The lowest BCUT2D eigenvalue weighted by molar-refractivity contribution is -0.320. The first-order valence-electron chi connectivity index (χ1n) is 6.30. The summed E-state index contributed by atoms with van der Waals surface area (Å²) < 4.78 is 15.6. The summed E-state index contributed by atoms with van der Waals surface area (Å²) in [7, 11) is 1.34. The number of esters is 1. The molecule has 3 atom stereocenters. The molecule has 1 fully saturated rings. The topological polar surface area (TPSA) is 61.8 Å². The van der Waals surface area contributed by atoms with Gasteiger partial charge in [0.2, 0.25) is 5.78 Å². The minimum atomic E-state index is -1.15. The van der Waals surface area contributed by atoms with Crippen LogP contribution in [0, 0.1) is 5.92 Å². The second-order valence-electron chi connectivity index (χ2n) is 4.85. The molecule has 0 bridgehead atoms. The van der Waals surface area contributed by atoms with Gasteiger partial charge in [-0.05, 0) is 23.8 Å². The first kappa shape index (κ1) is 12.9. The molecule has 0 radical (unpaired) electrons. The first-order valence-corrected chi connectivity index (χ1v) is 6.30. The number of hydrogen-bond donors (Lipinski definition) is 0. The molecular weight excluding hydrogens is 260 g/mol. The summed E-state index contributed by atoms with van der Waals surface area (Å²) in [4.78, 5) is 23.0. The normalized spacial score (nSPS) is 30.1. The lowest BCUT2D eigenvalue weighted by Crippen LogP contribution is -2.58. The average molecular weight is 274 g/mol. The van der Waals surface area contributed by atoms with Crippen LogP contribution in [0.3, 0.4) is 0 Å². The molecule has 0 aromatic heterocycles. The number of ketones is 1. The molecule has 0 spiro atoms. The lowest BCUT2D eigenvalue weighted by atomic mass is 9.81. The van der Waals surface area contributed by atoms with Crippen molar-refractivity contribution in [2.75, 3.05) is 7.11 Å². The van der Waals surface area contributed by atoms with Crippen molar-refractivity contribution in [1.82, 2.24) is 0 Å². The van der Waals surface area contributed by atoms with Crippen molar-refractivity contribution in [3.8, 4) is 0 Å². The highest BCUT2D eigenvalue weighted by atomic mass is 16.7. The van der Waals surface area contributed by atoms with Crippen LogP contribution in [0.2, 0.25) is 0 Å². The molecule has 1 aromatic carbocycles. The van der Waals surface area contributed by atoms with E-state index in [9.17, 15) is 9.59 Å². The van der Waals surface area contributed by atoms with E-state index < -0.39 is 5.79 Å². The Kier molecular flexibility index (Phi) is 2.87. The molecule has 5 nitrogen and oxygen atoms in total. The van der Waals surface area contributed by atoms with E-state index in [0.29, 0.717) is 5.56 Å². The van der Waals surface area contributed by atoms with Crippen molar-refractivity contribution in [2.45, 2.75) is 18.8 Å². The van der Waals surface area contributed by atoms with E-state index >= 15 is 0 Å². The molecule has 2 aliphatic heterocycles. The van der Waals surface area contributed by atoms with Crippen LogP contribution >= 0.6 is 0 Å². The Balaban J connectivity index is 1.81. The Bertz CT molecular complexity index is 589. The Hall–Kier alpha value is -2.14. The van der Waals surface area contributed by atoms with Crippen LogP contribution < -0.4 is 0 Å². The van der Waals surface area contributed by atoms with Crippen LogP contribution in [0.5, 0.6) is 0 Å². The number of fused-ring (bicyclic) bond motifs is 1. The summed E-state index contributed by atoms with van der Waals surface area (Å²) in [5.41, 5.74) is 1.38. The Labute approximate surface area is 116 Å². The number of carbonyl (C=O) groups excluding carboxylic acids is 2. The molecule has 3 rings (SSSR count). The zero-order chi connectivity index (χ0) is 14.3. The highest BCUT2D eigenvalue weighted by Crippen LogP contribution is 2.53. The van der Waals surface area contributed by atoms with Gasteiger partial charge in [0.05, 0.1) is 24.9 Å². The summed E-state index contributed by atoms with van der Waals surface area (Å²) >= 11 is 0. The molecule has 0 unspecified atom stereocenters. The quantitative estimate of drug-likeness (QED) is 0.789. The molecule has 2 heterocycles. The maximum atomic E-state index is 11.6. The van der Waals surface area contributed by atoms with Gasteiger partial charge in [-0.3, -0.25) is 4.79 Å². The van der Waals surface area contributed by atoms with Crippen molar-refractivity contribution in [2.24, 2.45) is 5.92 Å². The van der Waals surface area contributed by atoms with Crippen LogP contribution in [-0.4, -0.2) is 24.6 Å². The Morgan fingerprint density at radius 2 is 1.95 bits per heavy atom. The second kappa shape index (κ2) is 4.45. The Morgan fingerprint density at radius 1 is 1.25 bits per heavy atom. The third-order valence-corrected chi connectivity index (χ3v) is 3.75. The zero-order valence-electron chi connectivity index (χ0n) is 11.2. The van der Waals surface area contributed by atoms with E-state index in [4.69, 9.17) is 9.47 Å². The number of rotatable bonds is 3. The third-order valence-electron chi connectivity index (χ3n) is 3.75. The van der Waals surface area contributed by atoms with E-state index in [-0.39, 0.29) is 23.8 Å². The predicted molar refractivity (Wildman–Crippen MR) is 68.7 cm³/mol. The molecular formula is C15H14O5. The van der Waals surface area contributed by atoms with Gasteiger partial charge in [-0.1, -0.05) is 12.1 Å². The molecule has 0 aliphatic carbocycles. The van der Waals surface area contributed by atoms with Gasteiger partial charge in [0.15, 0.2) is 0 Å². The molecule has 5 heteroatoms. The summed E-state index contributed by atoms with van der Waals surface area (Å²) in [6, 6.07) is 6.95. The first-order chi connectivity index (χ1) is 9.58. The smallest absolute Gasteiger partial charge is 0.337 e. The van der Waals surface area contributed by atoms with Crippen LogP contribution in [0.15, 0.2) is 36.6 Å². The van der Waals surface area contributed by atoms with E-state index in [2.05, 4.69) is 4.74 Å². The highest BCUT2D eigenvalue weighted by molar-refractivity contribution is 5.89. The number of methoxy groups -OCH3 is 1. The maximum absolute atomic E-state index is 11.6. The standard InChI is InChI=1S/C15H14O5/c1-9(16)15-12(7-8-19-15)13(20-15)10-3-5-11(6-4-10)14(17)18-2/h3-8,12-13H,1-2H3/t12-,13-,15+/m0/s1. The van der Waals surface area contributed by atoms with Gasteiger partial charge >= 0.3 is 5.97 Å². The van der Waals surface area contributed by atoms with Crippen molar-refractivity contribution >= 4 is 11.8 Å². The number of hydrogen-bond acceptors (Lipinski definition) is 5. The molecule has 1 saturated heterocycles. The molecule has 0 amide bonds. The van der Waals surface area contributed by atoms with Gasteiger partial charge in [-0.2, -0.15) is 0 Å². The van der Waals surface area contributed by atoms with Gasteiger partial charge in [-0.25, -0.2) is 4.79 Å². The van der Waals surface area contributed by atoms with Gasteiger partial charge < -0.3 is 14.2 Å². The van der Waals surface area contributed by atoms with Gasteiger partial charge in [0, 0.05) is 6.92 Å². The van der Waals surface area contributed by atoms with Gasteiger partial charge in [-0.15, -0.1) is 0 Å². The van der Waals surface area contributed by atoms with Crippen molar-refractivity contribution in [1.29, 1.82) is 0 Å². The van der Waals surface area contributed by atoms with E-state index in [1.807, 2.05) is 6.08 Å². The Morgan fingerprint density at radius 3 is 2.55 bits per heavy atom. The fraction of sp³-hybridized carbons (Fsp3) is 0.333. The van der Waals surface area contributed by atoms with Crippen LogP contribution in [0.1, 0.15) is 28.9 Å². The predicted octanol–water partition coefficient (Wildman–Crippen LogP) is 1.99. The maximum Gasteiger partial charge on any atom is 0.337 e. The lowest BCUT2D eigenvalue weighted by Gasteiger charge is -2.47. The summed E-state index contributed by atoms with van der Waals surface area (Å²) in [5.74, 6) is -1.79. The number of ether oxygens (including phenoxy) is 3. The van der Waals surface area contributed by atoms with Crippen LogP contribution in [0.4, 0.5) is 0 Å². The molecule has 20 heavy (non-hydrogen) atoms. The van der Waals surface area contributed by atoms with Gasteiger partial charge in [0.1, 0.15) is 6.10 Å². The summed E-state index contributed by atoms with van der Waals surface area (Å²) in [6.07, 6.45) is 3.11. The SMILES string of the molecule is COC(=O)c1ccc([C@@H]2O[C@@]3(C(C)=O)OC=C[C@@H]23)cc1. The number of Topliss-reactive ketones (excluding diaryl/α,β-unsaturated/α-hetero) is 1.